The molecule has 18 heavy (non-hydrogen) atoms. The number of hydrogen-bond acceptors (Lipinski definition) is 3. The summed E-state index contributed by atoms with van der Waals surface area (Å²) in [5.41, 5.74) is -0.323. The van der Waals surface area contributed by atoms with E-state index in [0.29, 0.717) is 19.6 Å². The molecule has 1 heterocycles. The van der Waals surface area contributed by atoms with Crippen molar-refractivity contribution in [1.82, 2.24) is 0 Å². The summed E-state index contributed by atoms with van der Waals surface area (Å²) in [6.45, 7) is 9.41. The van der Waals surface area contributed by atoms with Crippen molar-refractivity contribution in [2.45, 2.75) is 51.9 Å². The number of hydrogen-bond donors (Lipinski definition) is 1. The van der Waals surface area contributed by atoms with E-state index in [4.69, 9.17) is 9.47 Å². The van der Waals surface area contributed by atoms with Crippen LogP contribution in [0.3, 0.4) is 0 Å². The van der Waals surface area contributed by atoms with E-state index >= 15 is 0 Å². The van der Waals surface area contributed by atoms with Crippen LogP contribution >= 0.6 is 0 Å². The predicted octanol–water partition coefficient (Wildman–Crippen LogP) is 2.80. The van der Waals surface area contributed by atoms with Gasteiger partial charge in [0.25, 0.3) is 0 Å². The molecule has 1 fully saturated rings. The highest BCUT2D eigenvalue weighted by Crippen LogP contribution is 2.50. The lowest BCUT2D eigenvalue weighted by Gasteiger charge is -2.49. The zero-order valence-electron chi connectivity index (χ0n) is 11.8. The Balaban J connectivity index is 2.40. The van der Waals surface area contributed by atoms with Gasteiger partial charge in [-0.2, -0.15) is 0 Å². The van der Waals surface area contributed by atoms with Gasteiger partial charge in [-0.3, -0.25) is 0 Å². The Labute approximate surface area is 109 Å². The lowest BCUT2D eigenvalue weighted by atomic mass is 9.63. The largest absolute Gasteiger partial charge is 0.381 e. The highest BCUT2D eigenvalue weighted by Gasteiger charge is 2.54. The summed E-state index contributed by atoms with van der Waals surface area (Å²) < 4.78 is 11.5. The van der Waals surface area contributed by atoms with Crippen molar-refractivity contribution in [2.24, 2.45) is 5.41 Å². The Morgan fingerprint density at radius 3 is 2.44 bits per heavy atom. The molecule has 1 aliphatic carbocycles. The van der Waals surface area contributed by atoms with Gasteiger partial charge < -0.3 is 14.6 Å². The Bertz CT molecular complexity index is 375. The van der Waals surface area contributed by atoms with Crippen LogP contribution < -0.4 is 0 Å². The molecule has 102 valence electrons. The van der Waals surface area contributed by atoms with Gasteiger partial charge in [0, 0.05) is 11.8 Å². The predicted molar refractivity (Wildman–Crippen MR) is 71.2 cm³/mol. The zero-order chi connectivity index (χ0) is 13.4. The van der Waals surface area contributed by atoms with E-state index in [-0.39, 0.29) is 5.41 Å². The second-order valence-corrected chi connectivity index (χ2v) is 5.97. The molecule has 0 bridgehead atoms. The van der Waals surface area contributed by atoms with Crippen molar-refractivity contribution in [1.29, 1.82) is 0 Å². The van der Waals surface area contributed by atoms with E-state index in [1.807, 2.05) is 25.2 Å². The van der Waals surface area contributed by atoms with Crippen LogP contribution in [0.5, 0.6) is 0 Å². The first-order valence-corrected chi connectivity index (χ1v) is 6.73. The molecule has 0 aromatic rings. The molecule has 2 rings (SSSR count). The van der Waals surface area contributed by atoms with Crippen LogP contribution in [0.1, 0.15) is 40.5 Å². The van der Waals surface area contributed by atoms with Crippen LogP contribution in [0.25, 0.3) is 0 Å². The summed E-state index contributed by atoms with van der Waals surface area (Å²) in [5, 5.41) is 11.0. The number of rotatable bonds is 2. The van der Waals surface area contributed by atoms with Crippen molar-refractivity contribution >= 4 is 0 Å². The minimum absolute atomic E-state index is 0.318. The number of ether oxygens (including phenoxy) is 2. The van der Waals surface area contributed by atoms with Gasteiger partial charge >= 0.3 is 0 Å². The zero-order valence-corrected chi connectivity index (χ0v) is 11.8. The van der Waals surface area contributed by atoms with E-state index in [1.165, 1.54) is 0 Å². The molecule has 0 aromatic heterocycles. The first-order chi connectivity index (χ1) is 8.35. The Kier molecular flexibility index (Phi) is 3.43. The van der Waals surface area contributed by atoms with Gasteiger partial charge in [-0.25, -0.2) is 0 Å². The normalized spacial score (nSPS) is 34.2. The van der Waals surface area contributed by atoms with E-state index < -0.39 is 11.4 Å². The standard InChI is InChI=1S/C15H24O3/c1-5-6-7-15(16)12(2)10-14(11-13(15,3)4)17-8-9-18-14/h6-7,10,16H,5,8-9,11H2,1-4H3. The number of allylic oxidation sites excluding steroid dienone is 1. The summed E-state index contributed by atoms with van der Waals surface area (Å²) in [7, 11) is 0. The van der Waals surface area contributed by atoms with Crippen molar-refractivity contribution < 1.29 is 14.6 Å². The summed E-state index contributed by atoms with van der Waals surface area (Å²) in [5.74, 6) is -0.625. The first-order valence-electron chi connectivity index (χ1n) is 6.73. The minimum atomic E-state index is -0.913. The molecule has 3 nitrogen and oxygen atoms in total. The molecule has 0 amide bonds. The van der Waals surface area contributed by atoms with Gasteiger partial charge in [0.1, 0.15) is 5.60 Å². The molecule has 2 aliphatic rings. The molecule has 0 saturated carbocycles. The third-order valence-corrected chi connectivity index (χ3v) is 4.13. The van der Waals surface area contributed by atoms with Crippen LogP contribution in [0.2, 0.25) is 0 Å². The topological polar surface area (TPSA) is 38.7 Å². The molecule has 1 N–H and O–H groups in total. The third-order valence-electron chi connectivity index (χ3n) is 4.13. The smallest absolute Gasteiger partial charge is 0.188 e. The second kappa shape index (κ2) is 4.48. The van der Waals surface area contributed by atoms with E-state index in [1.54, 1.807) is 0 Å². The average Bonchev–Trinajstić information content (AvgIpc) is 2.71. The fourth-order valence-electron chi connectivity index (χ4n) is 3.08. The van der Waals surface area contributed by atoms with Crippen molar-refractivity contribution in [2.75, 3.05) is 13.2 Å². The maximum Gasteiger partial charge on any atom is 0.188 e. The highest BCUT2D eigenvalue weighted by atomic mass is 16.7. The molecule has 1 saturated heterocycles. The lowest BCUT2D eigenvalue weighted by Crippen LogP contribution is -2.53. The summed E-state index contributed by atoms with van der Waals surface area (Å²) in [6, 6.07) is 0. The minimum Gasteiger partial charge on any atom is -0.381 e. The second-order valence-electron chi connectivity index (χ2n) is 5.97. The summed E-state index contributed by atoms with van der Waals surface area (Å²) >= 11 is 0. The fourth-order valence-corrected chi connectivity index (χ4v) is 3.08. The molecule has 0 radical (unpaired) electrons. The van der Waals surface area contributed by atoms with Crippen LogP contribution in [0.15, 0.2) is 23.8 Å². The van der Waals surface area contributed by atoms with Gasteiger partial charge in [-0.1, -0.05) is 32.9 Å². The molecular formula is C15H24O3. The number of aliphatic hydroxyl groups is 1. The van der Waals surface area contributed by atoms with Gasteiger partial charge in [0.05, 0.1) is 13.2 Å². The molecular weight excluding hydrogens is 228 g/mol. The first kappa shape index (κ1) is 13.8. The van der Waals surface area contributed by atoms with Crippen molar-refractivity contribution in [3.8, 4) is 0 Å². The molecule has 1 atom stereocenters. The molecule has 1 aliphatic heterocycles. The highest BCUT2D eigenvalue weighted by molar-refractivity contribution is 5.33. The van der Waals surface area contributed by atoms with Gasteiger partial charge in [-0.05, 0) is 25.0 Å². The van der Waals surface area contributed by atoms with Crippen LogP contribution in [0.4, 0.5) is 0 Å². The summed E-state index contributed by atoms with van der Waals surface area (Å²) in [4.78, 5) is 0. The van der Waals surface area contributed by atoms with Gasteiger partial charge in [-0.15, -0.1) is 0 Å². The van der Waals surface area contributed by atoms with E-state index in [9.17, 15) is 5.11 Å². The summed E-state index contributed by atoms with van der Waals surface area (Å²) in [6.07, 6.45) is 7.48. The maximum atomic E-state index is 11.0. The Morgan fingerprint density at radius 1 is 1.33 bits per heavy atom. The fraction of sp³-hybridized carbons (Fsp3) is 0.733. The van der Waals surface area contributed by atoms with E-state index in [0.717, 1.165) is 12.0 Å². The Hall–Kier alpha value is -0.640. The lowest BCUT2D eigenvalue weighted by molar-refractivity contribution is -0.171. The quantitative estimate of drug-likeness (QED) is 0.768. The molecule has 0 aromatic carbocycles. The molecule has 3 heteroatoms. The van der Waals surface area contributed by atoms with Crippen LogP contribution in [0, 0.1) is 5.41 Å². The van der Waals surface area contributed by atoms with Crippen LogP contribution in [-0.2, 0) is 9.47 Å². The Morgan fingerprint density at radius 2 is 1.94 bits per heavy atom. The molecule has 1 spiro atoms. The van der Waals surface area contributed by atoms with Gasteiger partial charge in [0.15, 0.2) is 5.79 Å². The third kappa shape index (κ3) is 2.04. The van der Waals surface area contributed by atoms with Crippen molar-refractivity contribution in [3.05, 3.63) is 23.8 Å². The SMILES string of the molecule is CCC=CC1(O)C(C)=CC2(CC1(C)C)OCCO2. The monoisotopic (exact) mass is 252 g/mol. The van der Waals surface area contributed by atoms with E-state index in [2.05, 4.69) is 20.8 Å². The van der Waals surface area contributed by atoms with Gasteiger partial charge in [0.2, 0.25) is 0 Å². The maximum absolute atomic E-state index is 11.0. The molecule has 1 unspecified atom stereocenters. The van der Waals surface area contributed by atoms with Crippen molar-refractivity contribution in [3.63, 3.8) is 0 Å². The van der Waals surface area contributed by atoms with Crippen LogP contribution in [-0.4, -0.2) is 29.7 Å². The average molecular weight is 252 g/mol.